The molecule has 0 unspecified atom stereocenters. The van der Waals surface area contributed by atoms with E-state index in [1.54, 1.807) is 12.1 Å². The first-order chi connectivity index (χ1) is 14.1. The van der Waals surface area contributed by atoms with Crippen LogP contribution in [-0.2, 0) is 6.54 Å². The lowest BCUT2D eigenvalue weighted by Gasteiger charge is -2.30. The summed E-state index contributed by atoms with van der Waals surface area (Å²) < 4.78 is 5.99. The number of nitrogens with zero attached hydrogens (tertiary/aromatic N) is 1. The number of hydrogen-bond acceptors (Lipinski definition) is 4. The third kappa shape index (κ3) is 3.20. The van der Waals surface area contributed by atoms with Gasteiger partial charge in [-0.15, -0.1) is 0 Å². The molecule has 1 saturated heterocycles. The normalized spacial score (nSPS) is 19.1. The van der Waals surface area contributed by atoms with Crippen molar-refractivity contribution < 1.29 is 19.5 Å². The number of rotatable bonds is 3. The Bertz CT molecular complexity index is 1120. The summed E-state index contributed by atoms with van der Waals surface area (Å²) in [4.78, 5) is 19.8. The summed E-state index contributed by atoms with van der Waals surface area (Å²) >= 11 is 0. The summed E-state index contributed by atoms with van der Waals surface area (Å²) in [5.41, 5.74) is 2.99. The third-order valence-corrected chi connectivity index (χ3v) is 5.93. The van der Waals surface area contributed by atoms with Crippen LogP contribution in [-0.4, -0.2) is 48.9 Å². The molecular formula is C23H23N3O3. The molecule has 6 heteroatoms. The van der Waals surface area contributed by atoms with Crippen molar-refractivity contribution in [2.45, 2.75) is 6.54 Å². The number of allylic oxidation sites excluding steroid dienone is 1. The minimum absolute atomic E-state index is 0.0590. The van der Waals surface area contributed by atoms with E-state index in [0.717, 1.165) is 42.6 Å². The molecule has 0 aliphatic carbocycles. The number of hydrogen-bond donors (Lipinski definition) is 2. The Morgan fingerprint density at radius 1 is 1.21 bits per heavy atom. The molecule has 0 atom stereocenters. The number of carbonyl (C=O) groups excluding carboxylic acids is 1. The van der Waals surface area contributed by atoms with Gasteiger partial charge in [-0.25, -0.2) is 0 Å². The van der Waals surface area contributed by atoms with Gasteiger partial charge < -0.3 is 19.7 Å². The third-order valence-electron chi connectivity index (χ3n) is 5.93. The topological polar surface area (TPSA) is 72.8 Å². The number of Topliss-reactive ketones (excluding diaryl/α,β-unsaturated/α-hetero) is 1. The number of aromatic amines is 1. The quantitative estimate of drug-likeness (QED) is 0.660. The van der Waals surface area contributed by atoms with Crippen LogP contribution in [0.2, 0.25) is 0 Å². The van der Waals surface area contributed by atoms with E-state index < -0.39 is 0 Å². The summed E-state index contributed by atoms with van der Waals surface area (Å²) in [7, 11) is 2.11. The highest BCUT2D eigenvalue weighted by molar-refractivity contribution is 6.15. The van der Waals surface area contributed by atoms with Gasteiger partial charge in [0.25, 0.3) is 0 Å². The molecule has 0 spiro atoms. The second-order valence-electron chi connectivity index (χ2n) is 7.88. The maximum atomic E-state index is 12.9. The lowest BCUT2D eigenvalue weighted by atomic mass is 10.0. The fraction of sp³-hybridized carbons (Fsp3) is 0.261. The standard InChI is InChI=1S/C23H23N3O3/c1-25-8-10-26(11-9-25)14-18-20(27)7-6-17-22(28)21(29-23(17)18)12-15-13-24-19-5-3-2-4-16(15)19/h2-7,12-13,24,27H,8-11,14H2,1H3/b21-12-. The predicted molar refractivity (Wildman–Crippen MR) is 109 cm³/mol. The van der Waals surface area contributed by atoms with Crippen molar-refractivity contribution >= 4 is 22.8 Å². The molecule has 1 aromatic heterocycles. The minimum Gasteiger partial charge on any atom is -0.872 e. The van der Waals surface area contributed by atoms with Crippen LogP contribution < -0.4 is 14.7 Å². The van der Waals surface area contributed by atoms with Crippen molar-refractivity contribution in [1.29, 1.82) is 0 Å². The Balaban J connectivity index is 1.47. The number of benzene rings is 2. The van der Waals surface area contributed by atoms with Crippen molar-refractivity contribution in [2.24, 2.45) is 0 Å². The van der Waals surface area contributed by atoms with Crippen LogP contribution in [0.1, 0.15) is 21.5 Å². The molecular weight excluding hydrogens is 366 g/mol. The van der Waals surface area contributed by atoms with Crippen molar-refractivity contribution in [2.75, 3.05) is 33.2 Å². The molecule has 0 saturated carbocycles. The maximum Gasteiger partial charge on any atom is 0.231 e. The van der Waals surface area contributed by atoms with Crippen LogP contribution >= 0.6 is 0 Å². The van der Waals surface area contributed by atoms with Crippen LogP contribution in [0.4, 0.5) is 0 Å². The molecule has 2 N–H and O–H groups in total. The summed E-state index contributed by atoms with van der Waals surface area (Å²) in [5.74, 6) is 0.487. The van der Waals surface area contributed by atoms with Gasteiger partial charge in [0.2, 0.25) is 5.78 Å². The van der Waals surface area contributed by atoms with Gasteiger partial charge in [0.1, 0.15) is 12.3 Å². The number of piperazine rings is 1. The zero-order valence-corrected chi connectivity index (χ0v) is 16.3. The van der Waals surface area contributed by atoms with E-state index in [9.17, 15) is 9.90 Å². The van der Waals surface area contributed by atoms with Gasteiger partial charge in [0, 0.05) is 41.3 Å². The molecule has 2 aliphatic heterocycles. The number of para-hydroxylation sites is 1. The molecule has 2 aromatic carbocycles. The second kappa shape index (κ2) is 7.06. The van der Waals surface area contributed by atoms with Gasteiger partial charge in [-0.05, 0) is 25.3 Å². The van der Waals surface area contributed by atoms with Crippen LogP contribution in [0.5, 0.6) is 11.5 Å². The molecule has 1 fully saturated rings. The Morgan fingerprint density at radius 3 is 2.83 bits per heavy atom. The van der Waals surface area contributed by atoms with E-state index >= 15 is 0 Å². The number of ketones is 1. The van der Waals surface area contributed by atoms with E-state index in [0.29, 0.717) is 23.4 Å². The fourth-order valence-corrected chi connectivity index (χ4v) is 4.17. The maximum absolute atomic E-state index is 12.9. The zero-order valence-electron chi connectivity index (χ0n) is 16.3. The molecule has 148 valence electrons. The van der Waals surface area contributed by atoms with E-state index in [2.05, 4.69) is 16.9 Å². The lowest BCUT2D eigenvalue weighted by Crippen LogP contribution is -3.13. The summed E-state index contributed by atoms with van der Waals surface area (Å²) in [6.07, 6.45) is 3.63. The van der Waals surface area contributed by atoms with Crippen LogP contribution in [0, 0.1) is 0 Å². The predicted octanol–water partition coefficient (Wildman–Crippen LogP) is 1.19. The molecule has 0 radical (unpaired) electrons. The Morgan fingerprint density at radius 2 is 2.00 bits per heavy atom. The van der Waals surface area contributed by atoms with Crippen LogP contribution in [0.3, 0.4) is 0 Å². The molecule has 3 aromatic rings. The Labute approximate surface area is 169 Å². The average molecular weight is 389 g/mol. The van der Waals surface area contributed by atoms with E-state index in [1.165, 1.54) is 11.0 Å². The number of H-pyrrole nitrogens is 1. The summed E-state index contributed by atoms with van der Waals surface area (Å²) in [6, 6.07) is 11.0. The highest BCUT2D eigenvalue weighted by Crippen LogP contribution is 2.38. The second-order valence-corrected chi connectivity index (χ2v) is 7.88. The summed E-state index contributed by atoms with van der Waals surface area (Å²) in [5, 5.41) is 13.6. The molecule has 5 rings (SSSR count). The van der Waals surface area contributed by atoms with Crippen molar-refractivity contribution in [1.82, 2.24) is 9.88 Å². The van der Waals surface area contributed by atoms with Crippen LogP contribution in [0.25, 0.3) is 17.0 Å². The van der Waals surface area contributed by atoms with E-state index in [1.807, 2.05) is 30.5 Å². The Kier molecular flexibility index (Phi) is 4.38. The molecule has 6 nitrogen and oxygen atoms in total. The van der Waals surface area contributed by atoms with Gasteiger partial charge >= 0.3 is 0 Å². The number of quaternary nitrogens is 1. The highest BCUT2D eigenvalue weighted by Gasteiger charge is 2.31. The number of aromatic nitrogens is 1. The molecule has 3 heterocycles. The van der Waals surface area contributed by atoms with Gasteiger partial charge in [-0.2, -0.15) is 0 Å². The first-order valence-corrected chi connectivity index (χ1v) is 9.95. The largest absolute Gasteiger partial charge is 0.872 e. The smallest absolute Gasteiger partial charge is 0.231 e. The number of nitrogens with one attached hydrogen (secondary N) is 2. The number of ether oxygens (including phenoxy) is 1. The molecule has 0 bridgehead atoms. The van der Waals surface area contributed by atoms with Gasteiger partial charge in [0.15, 0.2) is 5.76 Å². The van der Waals surface area contributed by atoms with Crippen molar-refractivity contribution in [3.05, 3.63) is 65.0 Å². The number of likely N-dealkylation sites (N-methyl/N-ethyl adjacent to an activating group) is 1. The van der Waals surface area contributed by atoms with E-state index in [4.69, 9.17) is 4.74 Å². The molecule has 29 heavy (non-hydrogen) atoms. The number of carbonyl (C=O) groups is 1. The van der Waals surface area contributed by atoms with Crippen LogP contribution in [0.15, 0.2) is 48.4 Å². The zero-order chi connectivity index (χ0) is 20.0. The van der Waals surface area contributed by atoms with Crippen molar-refractivity contribution in [3.8, 4) is 11.5 Å². The fourth-order valence-electron chi connectivity index (χ4n) is 4.17. The first-order valence-electron chi connectivity index (χ1n) is 9.95. The number of fused-ring (bicyclic) bond motifs is 2. The lowest BCUT2D eigenvalue weighted by molar-refractivity contribution is -0.918. The highest BCUT2D eigenvalue weighted by atomic mass is 16.5. The molecule has 2 aliphatic rings. The first kappa shape index (κ1) is 18.0. The van der Waals surface area contributed by atoms with Gasteiger partial charge in [-0.1, -0.05) is 30.0 Å². The van der Waals surface area contributed by atoms with Gasteiger partial charge in [-0.3, -0.25) is 9.69 Å². The monoisotopic (exact) mass is 389 g/mol. The molecule has 0 amide bonds. The van der Waals surface area contributed by atoms with Gasteiger partial charge in [0.05, 0.1) is 18.7 Å². The van der Waals surface area contributed by atoms with Crippen molar-refractivity contribution in [3.63, 3.8) is 0 Å². The SMILES string of the molecule is CN1CC[NH+](Cc2c([O-])ccc3c2O/C(=C\c2c[nH]c4ccccc24)C3=O)CC1. The summed E-state index contributed by atoms with van der Waals surface area (Å²) in [6.45, 7) is 4.55. The Hall–Kier alpha value is -3.09. The minimum atomic E-state index is -0.167. The van der Waals surface area contributed by atoms with E-state index in [-0.39, 0.29) is 17.3 Å². The average Bonchev–Trinajstić information content (AvgIpc) is 3.28.